The first-order valence-electron chi connectivity index (χ1n) is 8.84. The molecule has 0 aliphatic heterocycles. The van der Waals surface area contributed by atoms with Gasteiger partial charge < -0.3 is 0 Å². The molecule has 2 rings (SSSR count). The third-order valence-electron chi connectivity index (χ3n) is 5.03. The second-order valence-corrected chi connectivity index (χ2v) is 9.91. The van der Waals surface area contributed by atoms with Crippen LogP contribution in [0, 0.1) is 12.3 Å². The standard InChI is InChI=1S/C18H33S2/c1-15(16(2)20-18-12-5-6-13-18)9-7-8-14-19-17-10-3-4-11-17/h7,15-18H,3-6,8-14H2,1-2H3. The Morgan fingerprint density at radius 2 is 1.55 bits per heavy atom. The molecule has 0 aromatic carbocycles. The van der Waals surface area contributed by atoms with Gasteiger partial charge in [0.2, 0.25) is 0 Å². The quantitative estimate of drug-likeness (QED) is 0.455. The van der Waals surface area contributed by atoms with Gasteiger partial charge in [0.15, 0.2) is 0 Å². The molecule has 0 aromatic rings. The Kier molecular flexibility index (Phi) is 8.24. The average molecular weight is 314 g/mol. The molecule has 0 bridgehead atoms. The lowest BCUT2D eigenvalue weighted by Crippen LogP contribution is -2.14. The van der Waals surface area contributed by atoms with Crippen LogP contribution in [0.4, 0.5) is 0 Å². The second-order valence-electron chi connectivity index (χ2n) is 6.82. The third kappa shape index (κ3) is 6.22. The van der Waals surface area contributed by atoms with Gasteiger partial charge in [0.1, 0.15) is 0 Å². The van der Waals surface area contributed by atoms with Crippen molar-refractivity contribution in [3.8, 4) is 0 Å². The second kappa shape index (κ2) is 9.66. The van der Waals surface area contributed by atoms with E-state index in [1.54, 1.807) is 0 Å². The minimum atomic E-state index is 0.844. The Bertz CT molecular complexity index is 242. The van der Waals surface area contributed by atoms with Crippen LogP contribution in [0.15, 0.2) is 0 Å². The van der Waals surface area contributed by atoms with E-state index in [4.69, 9.17) is 0 Å². The van der Waals surface area contributed by atoms with Crippen molar-refractivity contribution in [3.63, 3.8) is 0 Å². The molecule has 2 fully saturated rings. The van der Waals surface area contributed by atoms with E-state index in [1.807, 2.05) is 0 Å². The van der Waals surface area contributed by atoms with Gasteiger partial charge in [-0.2, -0.15) is 23.5 Å². The summed E-state index contributed by atoms with van der Waals surface area (Å²) in [5.41, 5.74) is 0. The van der Waals surface area contributed by atoms with E-state index >= 15 is 0 Å². The van der Waals surface area contributed by atoms with Gasteiger partial charge in [-0.25, -0.2) is 0 Å². The Balaban J connectivity index is 1.47. The molecule has 20 heavy (non-hydrogen) atoms. The van der Waals surface area contributed by atoms with Gasteiger partial charge in [-0.15, -0.1) is 0 Å². The molecule has 0 saturated heterocycles. The molecular weight excluding hydrogens is 280 g/mol. The van der Waals surface area contributed by atoms with Gasteiger partial charge in [0.25, 0.3) is 0 Å². The highest BCUT2D eigenvalue weighted by Crippen LogP contribution is 2.36. The van der Waals surface area contributed by atoms with Crippen molar-refractivity contribution >= 4 is 23.5 Å². The van der Waals surface area contributed by atoms with Crippen LogP contribution in [0.25, 0.3) is 0 Å². The smallest absolute Gasteiger partial charge is 0.00498 e. The first kappa shape index (κ1) is 17.1. The van der Waals surface area contributed by atoms with Gasteiger partial charge in [-0.1, -0.05) is 39.5 Å². The SMILES string of the molecule is CC(C[CH]CCSC1CCCC1)C(C)SC1CCCC1. The summed E-state index contributed by atoms with van der Waals surface area (Å²) in [5, 5.41) is 2.82. The number of thioether (sulfide) groups is 2. The van der Waals surface area contributed by atoms with Crippen molar-refractivity contribution in [2.45, 2.75) is 93.8 Å². The Labute approximate surface area is 135 Å². The summed E-state index contributed by atoms with van der Waals surface area (Å²) in [6.45, 7) is 4.90. The largest absolute Gasteiger partial charge is 0.159 e. The van der Waals surface area contributed by atoms with Crippen molar-refractivity contribution in [2.75, 3.05) is 5.75 Å². The minimum Gasteiger partial charge on any atom is -0.159 e. The average Bonchev–Trinajstić information content (AvgIpc) is 3.11. The van der Waals surface area contributed by atoms with Crippen LogP contribution in [0.3, 0.4) is 0 Å². The number of unbranched alkanes of at least 4 members (excludes halogenated alkanes) is 1. The van der Waals surface area contributed by atoms with E-state index in [2.05, 4.69) is 43.8 Å². The van der Waals surface area contributed by atoms with E-state index in [9.17, 15) is 0 Å². The minimum absolute atomic E-state index is 0.844. The summed E-state index contributed by atoms with van der Waals surface area (Å²) >= 11 is 4.51. The Morgan fingerprint density at radius 1 is 0.950 bits per heavy atom. The van der Waals surface area contributed by atoms with Gasteiger partial charge in [0.05, 0.1) is 0 Å². The first-order chi connectivity index (χ1) is 9.75. The van der Waals surface area contributed by atoms with Gasteiger partial charge in [-0.3, -0.25) is 0 Å². The maximum atomic E-state index is 2.57. The monoisotopic (exact) mass is 313 g/mol. The van der Waals surface area contributed by atoms with Crippen LogP contribution < -0.4 is 0 Å². The maximum Gasteiger partial charge on any atom is 0.00498 e. The molecule has 2 aliphatic rings. The summed E-state index contributed by atoms with van der Waals surface area (Å²) in [6, 6.07) is 0. The van der Waals surface area contributed by atoms with Crippen LogP contribution >= 0.6 is 23.5 Å². The molecule has 0 spiro atoms. The molecule has 0 heterocycles. The van der Waals surface area contributed by atoms with Crippen LogP contribution in [-0.4, -0.2) is 21.5 Å². The van der Waals surface area contributed by atoms with Gasteiger partial charge >= 0.3 is 0 Å². The predicted molar refractivity (Wildman–Crippen MR) is 96.7 cm³/mol. The number of hydrogen-bond donors (Lipinski definition) is 0. The fourth-order valence-corrected chi connectivity index (χ4v) is 6.30. The molecule has 0 N–H and O–H groups in total. The van der Waals surface area contributed by atoms with Crippen LogP contribution in [-0.2, 0) is 0 Å². The lowest BCUT2D eigenvalue weighted by Gasteiger charge is -2.22. The first-order valence-corrected chi connectivity index (χ1v) is 10.8. The zero-order valence-corrected chi connectivity index (χ0v) is 15.1. The van der Waals surface area contributed by atoms with Gasteiger partial charge in [-0.05, 0) is 56.6 Å². The fourth-order valence-electron chi connectivity index (χ4n) is 3.41. The topological polar surface area (TPSA) is 0 Å². The van der Waals surface area contributed by atoms with Crippen molar-refractivity contribution in [2.24, 2.45) is 5.92 Å². The molecule has 1 radical (unpaired) electrons. The zero-order chi connectivity index (χ0) is 14.2. The maximum absolute atomic E-state index is 2.57. The van der Waals surface area contributed by atoms with Crippen molar-refractivity contribution in [1.29, 1.82) is 0 Å². The van der Waals surface area contributed by atoms with Crippen LogP contribution in [0.1, 0.15) is 78.1 Å². The third-order valence-corrected chi connectivity index (χ3v) is 8.19. The molecule has 2 heteroatoms. The van der Waals surface area contributed by atoms with E-state index in [0.717, 1.165) is 21.7 Å². The van der Waals surface area contributed by atoms with Crippen molar-refractivity contribution < 1.29 is 0 Å². The highest BCUT2D eigenvalue weighted by molar-refractivity contribution is 8.00. The summed E-state index contributed by atoms with van der Waals surface area (Å²) in [4.78, 5) is 0. The number of hydrogen-bond acceptors (Lipinski definition) is 2. The summed E-state index contributed by atoms with van der Waals surface area (Å²) in [7, 11) is 0. The van der Waals surface area contributed by atoms with Gasteiger partial charge in [0, 0.05) is 15.7 Å². The Morgan fingerprint density at radius 3 is 2.20 bits per heavy atom. The number of rotatable bonds is 9. The highest BCUT2D eigenvalue weighted by atomic mass is 32.2. The highest BCUT2D eigenvalue weighted by Gasteiger charge is 2.21. The molecule has 117 valence electrons. The molecular formula is C18H33S2. The van der Waals surface area contributed by atoms with Crippen LogP contribution in [0.5, 0.6) is 0 Å². The van der Waals surface area contributed by atoms with E-state index in [1.165, 1.54) is 70.0 Å². The molecule has 0 aromatic heterocycles. The molecule has 2 atom stereocenters. The molecule has 2 unspecified atom stereocenters. The molecule has 2 aliphatic carbocycles. The van der Waals surface area contributed by atoms with Crippen molar-refractivity contribution in [1.82, 2.24) is 0 Å². The normalized spacial score (nSPS) is 24.3. The summed E-state index contributed by atoms with van der Waals surface area (Å²) in [5.74, 6) is 2.22. The summed E-state index contributed by atoms with van der Waals surface area (Å²) < 4.78 is 0. The lowest BCUT2D eigenvalue weighted by atomic mass is 10.0. The van der Waals surface area contributed by atoms with E-state index in [-0.39, 0.29) is 0 Å². The lowest BCUT2D eigenvalue weighted by molar-refractivity contribution is 0.558. The van der Waals surface area contributed by atoms with Crippen LogP contribution in [0.2, 0.25) is 0 Å². The van der Waals surface area contributed by atoms with E-state index < -0.39 is 0 Å². The molecule has 2 saturated carbocycles. The predicted octanol–water partition coefficient (Wildman–Crippen LogP) is 6.35. The molecule has 0 amide bonds. The molecule has 0 nitrogen and oxygen atoms in total. The Hall–Kier alpha value is 0.700. The van der Waals surface area contributed by atoms with E-state index in [0.29, 0.717) is 0 Å². The summed E-state index contributed by atoms with van der Waals surface area (Å²) in [6.07, 6.45) is 17.0. The zero-order valence-electron chi connectivity index (χ0n) is 13.5. The van der Waals surface area contributed by atoms with Crippen molar-refractivity contribution in [3.05, 3.63) is 6.42 Å². The fraction of sp³-hybridized carbons (Fsp3) is 0.944.